The molecule has 0 amide bonds. The van der Waals surface area contributed by atoms with Gasteiger partial charge < -0.3 is 15.2 Å². The van der Waals surface area contributed by atoms with Crippen molar-refractivity contribution in [3.8, 4) is 5.75 Å². The molecular weight excluding hydrogens is 222 g/mol. The molecule has 0 aliphatic rings. The minimum Gasteiger partial charge on any atom is -0.491 e. The van der Waals surface area contributed by atoms with Crippen LogP contribution in [0.25, 0.3) is 0 Å². The maximum Gasteiger partial charge on any atom is 0.119 e. The number of thiocarbonyl (C=S) groups is 1. The fraction of sp³-hybridized carbons (Fsp3) is 0.417. The Balaban J connectivity index is 2.29. The van der Waals surface area contributed by atoms with Crippen LogP contribution in [0.1, 0.15) is 18.9 Å². The molecule has 0 atom stereocenters. The first-order chi connectivity index (χ1) is 7.74. The van der Waals surface area contributed by atoms with Crippen molar-refractivity contribution >= 4 is 17.2 Å². The average molecular weight is 239 g/mol. The molecule has 0 bridgehead atoms. The Kier molecular flexibility index (Phi) is 5.82. The summed E-state index contributed by atoms with van der Waals surface area (Å²) >= 11 is 4.86. The Bertz CT molecular complexity index is 324. The van der Waals surface area contributed by atoms with E-state index in [0.29, 0.717) is 18.2 Å². The van der Waals surface area contributed by atoms with Crippen molar-refractivity contribution in [1.29, 1.82) is 0 Å². The zero-order chi connectivity index (χ0) is 11.8. The molecule has 4 heteroatoms. The molecule has 1 aromatic carbocycles. The van der Waals surface area contributed by atoms with Crippen LogP contribution in [0.4, 0.5) is 0 Å². The van der Waals surface area contributed by atoms with Crippen LogP contribution < -0.4 is 10.5 Å². The number of nitrogens with two attached hydrogens (primary N) is 1. The summed E-state index contributed by atoms with van der Waals surface area (Å²) < 4.78 is 10.8. The highest BCUT2D eigenvalue weighted by atomic mass is 32.1. The lowest BCUT2D eigenvalue weighted by atomic mass is 10.2. The second-order valence-electron chi connectivity index (χ2n) is 3.35. The first-order valence-electron chi connectivity index (χ1n) is 5.34. The van der Waals surface area contributed by atoms with Gasteiger partial charge in [0.1, 0.15) is 17.3 Å². The van der Waals surface area contributed by atoms with Crippen LogP contribution in [0.5, 0.6) is 5.75 Å². The highest BCUT2D eigenvalue weighted by molar-refractivity contribution is 7.80. The molecule has 0 aliphatic heterocycles. The van der Waals surface area contributed by atoms with Gasteiger partial charge in [-0.15, -0.1) is 0 Å². The molecule has 2 N–H and O–H groups in total. The molecule has 0 saturated carbocycles. The van der Waals surface area contributed by atoms with Gasteiger partial charge in [-0.1, -0.05) is 19.1 Å². The summed E-state index contributed by atoms with van der Waals surface area (Å²) in [5.41, 5.74) is 6.34. The molecule has 0 heterocycles. The van der Waals surface area contributed by atoms with Crippen molar-refractivity contribution in [2.24, 2.45) is 5.73 Å². The van der Waals surface area contributed by atoms with E-state index in [1.165, 1.54) is 0 Å². The predicted octanol–water partition coefficient (Wildman–Crippen LogP) is 2.13. The van der Waals surface area contributed by atoms with Crippen LogP contribution in [0.3, 0.4) is 0 Å². The van der Waals surface area contributed by atoms with E-state index in [-0.39, 0.29) is 0 Å². The summed E-state index contributed by atoms with van der Waals surface area (Å²) in [6.45, 7) is 4.04. The average Bonchev–Trinajstić information content (AvgIpc) is 2.29. The maximum atomic E-state index is 5.49. The predicted molar refractivity (Wildman–Crippen MR) is 68.9 cm³/mol. The lowest BCUT2D eigenvalue weighted by Gasteiger charge is -2.07. The zero-order valence-electron chi connectivity index (χ0n) is 9.44. The molecular formula is C12H17NO2S. The zero-order valence-corrected chi connectivity index (χ0v) is 10.3. The lowest BCUT2D eigenvalue weighted by molar-refractivity contribution is 0.101. The SMILES string of the molecule is CCCOCCOc1ccc(C(N)=S)cc1. The van der Waals surface area contributed by atoms with Crippen molar-refractivity contribution in [1.82, 2.24) is 0 Å². The van der Waals surface area contributed by atoms with Gasteiger partial charge in [-0.2, -0.15) is 0 Å². The van der Waals surface area contributed by atoms with Crippen LogP contribution in [0.15, 0.2) is 24.3 Å². The van der Waals surface area contributed by atoms with Crippen molar-refractivity contribution < 1.29 is 9.47 Å². The van der Waals surface area contributed by atoms with E-state index in [0.717, 1.165) is 24.3 Å². The topological polar surface area (TPSA) is 44.5 Å². The Labute approximate surface area is 102 Å². The first-order valence-corrected chi connectivity index (χ1v) is 5.75. The van der Waals surface area contributed by atoms with Crippen molar-refractivity contribution in [2.75, 3.05) is 19.8 Å². The fourth-order valence-electron chi connectivity index (χ4n) is 1.18. The molecule has 0 aromatic heterocycles. The van der Waals surface area contributed by atoms with E-state index >= 15 is 0 Å². The third-order valence-corrected chi connectivity index (χ3v) is 2.22. The monoisotopic (exact) mass is 239 g/mol. The Morgan fingerprint density at radius 2 is 1.88 bits per heavy atom. The van der Waals surface area contributed by atoms with Crippen LogP contribution >= 0.6 is 12.2 Å². The van der Waals surface area contributed by atoms with Gasteiger partial charge in [0.15, 0.2) is 0 Å². The van der Waals surface area contributed by atoms with Crippen molar-refractivity contribution in [3.63, 3.8) is 0 Å². The summed E-state index contributed by atoms with van der Waals surface area (Å²) in [6.07, 6.45) is 1.03. The van der Waals surface area contributed by atoms with Crippen LogP contribution in [-0.4, -0.2) is 24.8 Å². The third kappa shape index (κ3) is 4.59. The van der Waals surface area contributed by atoms with Crippen LogP contribution in [0.2, 0.25) is 0 Å². The summed E-state index contributed by atoms with van der Waals surface area (Å²) in [7, 11) is 0. The Hall–Kier alpha value is -1.13. The molecule has 3 nitrogen and oxygen atoms in total. The van der Waals surface area contributed by atoms with Crippen molar-refractivity contribution in [2.45, 2.75) is 13.3 Å². The Morgan fingerprint density at radius 1 is 1.19 bits per heavy atom. The maximum absolute atomic E-state index is 5.49. The molecule has 0 aliphatic carbocycles. The van der Waals surface area contributed by atoms with Crippen LogP contribution in [0, 0.1) is 0 Å². The van der Waals surface area contributed by atoms with E-state index < -0.39 is 0 Å². The molecule has 16 heavy (non-hydrogen) atoms. The van der Waals surface area contributed by atoms with Gasteiger partial charge in [0.05, 0.1) is 6.61 Å². The van der Waals surface area contributed by atoms with E-state index in [1.54, 1.807) is 0 Å². The highest BCUT2D eigenvalue weighted by Crippen LogP contribution is 2.11. The second-order valence-corrected chi connectivity index (χ2v) is 3.79. The largest absolute Gasteiger partial charge is 0.491 e. The standard InChI is InChI=1S/C12H17NO2S/c1-2-7-14-8-9-15-11-5-3-10(4-6-11)12(13)16/h3-6H,2,7-9H2,1H3,(H2,13,16). The van der Waals surface area contributed by atoms with E-state index in [4.69, 9.17) is 27.4 Å². The fourth-order valence-corrected chi connectivity index (χ4v) is 1.32. The van der Waals surface area contributed by atoms with Gasteiger partial charge in [0, 0.05) is 12.2 Å². The first kappa shape index (κ1) is 12.9. The summed E-state index contributed by atoms with van der Waals surface area (Å²) in [6, 6.07) is 7.41. The number of hydrogen-bond acceptors (Lipinski definition) is 3. The number of hydrogen-bond donors (Lipinski definition) is 1. The summed E-state index contributed by atoms with van der Waals surface area (Å²) in [5, 5.41) is 0. The molecule has 0 fully saturated rings. The minimum atomic E-state index is 0.401. The van der Waals surface area contributed by atoms with Gasteiger partial charge in [0.2, 0.25) is 0 Å². The molecule has 0 spiro atoms. The lowest BCUT2D eigenvalue weighted by Crippen LogP contribution is -2.09. The van der Waals surface area contributed by atoms with Gasteiger partial charge in [-0.25, -0.2) is 0 Å². The second kappa shape index (κ2) is 7.19. The molecule has 0 radical (unpaired) electrons. The molecule has 0 saturated heterocycles. The normalized spacial score (nSPS) is 10.1. The van der Waals surface area contributed by atoms with E-state index in [2.05, 4.69) is 6.92 Å². The Morgan fingerprint density at radius 3 is 2.44 bits per heavy atom. The smallest absolute Gasteiger partial charge is 0.119 e. The van der Waals surface area contributed by atoms with E-state index in [1.807, 2.05) is 24.3 Å². The van der Waals surface area contributed by atoms with Gasteiger partial charge in [0.25, 0.3) is 0 Å². The molecule has 1 rings (SSSR count). The van der Waals surface area contributed by atoms with Gasteiger partial charge in [-0.3, -0.25) is 0 Å². The number of ether oxygens (including phenoxy) is 2. The van der Waals surface area contributed by atoms with Crippen LogP contribution in [-0.2, 0) is 4.74 Å². The summed E-state index contributed by atoms with van der Waals surface area (Å²) in [5.74, 6) is 0.806. The number of benzene rings is 1. The minimum absolute atomic E-state index is 0.401. The van der Waals surface area contributed by atoms with Crippen molar-refractivity contribution in [3.05, 3.63) is 29.8 Å². The quantitative estimate of drug-likeness (QED) is 0.585. The van der Waals surface area contributed by atoms with E-state index in [9.17, 15) is 0 Å². The molecule has 88 valence electrons. The molecule has 1 aromatic rings. The van der Waals surface area contributed by atoms with Gasteiger partial charge in [-0.05, 0) is 30.7 Å². The molecule has 0 unspecified atom stereocenters. The van der Waals surface area contributed by atoms with Gasteiger partial charge >= 0.3 is 0 Å². The third-order valence-electron chi connectivity index (χ3n) is 1.98. The number of rotatable bonds is 7. The summed E-state index contributed by atoms with van der Waals surface area (Å²) in [4.78, 5) is 0.401. The highest BCUT2D eigenvalue weighted by Gasteiger charge is 1.97.